The fraction of sp³-hybridized carbons (Fsp3) is 0.286. The van der Waals surface area contributed by atoms with Gasteiger partial charge in [-0.2, -0.15) is 0 Å². The Morgan fingerprint density at radius 1 is 1.26 bits per heavy atom. The van der Waals surface area contributed by atoms with E-state index in [0.29, 0.717) is 11.0 Å². The highest BCUT2D eigenvalue weighted by Crippen LogP contribution is 2.21. The number of ether oxygens (including phenoxy) is 1. The molecule has 100 valence electrons. The Balaban J connectivity index is 2.22. The minimum atomic E-state index is 0.448. The number of hydrogen-bond donors (Lipinski definition) is 1. The first-order chi connectivity index (χ1) is 9.21. The maximum Gasteiger partial charge on any atom is 0.135 e. The summed E-state index contributed by atoms with van der Waals surface area (Å²) in [5, 5.41) is 3.65. The molecule has 0 unspecified atom stereocenters. The van der Waals surface area contributed by atoms with Crippen molar-refractivity contribution in [3.05, 3.63) is 41.3 Å². The Morgan fingerprint density at radius 2 is 2.11 bits per heavy atom. The van der Waals surface area contributed by atoms with Gasteiger partial charge >= 0.3 is 0 Å². The van der Waals surface area contributed by atoms with Crippen LogP contribution in [0.1, 0.15) is 19.2 Å². The number of rotatable bonds is 5. The number of halogens is 1. The molecule has 0 saturated carbocycles. The van der Waals surface area contributed by atoms with Crippen LogP contribution in [0.4, 0.5) is 11.5 Å². The molecule has 0 aliphatic rings. The second-order valence-electron chi connectivity index (χ2n) is 4.10. The van der Waals surface area contributed by atoms with Crippen LogP contribution in [0.15, 0.2) is 30.3 Å². The molecular weight excluding hydrogens is 262 g/mol. The smallest absolute Gasteiger partial charge is 0.135 e. The van der Waals surface area contributed by atoms with Crippen molar-refractivity contribution in [2.24, 2.45) is 0 Å². The van der Waals surface area contributed by atoms with E-state index in [-0.39, 0.29) is 0 Å². The van der Waals surface area contributed by atoms with Crippen LogP contribution in [0.3, 0.4) is 0 Å². The van der Waals surface area contributed by atoms with Gasteiger partial charge in [0.1, 0.15) is 22.5 Å². The van der Waals surface area contributed by atoms with Gasteiger partial charge in [-0.3, -0.25) is 0 Å². The number of aromatic nitrogens is 2. The van der Waals surface area contributed by atoms with Crippen LogP contribution in [0.2, 0.25) is 5.15 Å². The van der Waals surface area contributed by atoms with Crippen LogP contribution >= 0.6 is 11.6 Å². The first kappa shape index (κ1) is 13.6. The lowest BCUT2D eigenvalue weighted by atomic mass is 10.3. The summed E-state index contributed by atoms with van der Waals surface area (Å²) in [6, 6.07) is 9.35. The Bertz CT molecular complexity index is 560. The van der Waals surface area contributed by atoms with E-state index in [0.717, 1.165) is 30.1 Å². The number of nitrogens with one attached hydrogen (secondary N) is 1. The summed E-state index contributed by atoms with van der Waals surface area (Å²) in [7, 11) is 1.64. The first-order valence-electron chi connectivity index (χ1n) is 6.16. The summed E-state index contributed by atoms with van der Waals surface area (Å²) >= 11 is 5.99. The van der Waals surface area contributed by atoms with Gasteiger partial charge in [0.2, 0.25) is 0 Å². The highest BCUT2D eigenvalue weighted by Gasteiger charge is 2.04. The Hall–Kier alpha value is -1.81. The van der Waals surface area contributed by atoms with Gasteiger partial charge in [-0.15, -0.1) is 0 Å². The average molecular weight is 278 g/mol. The quantitative estimate of drug-likeness (QED) is 0.844. The highest BCUT2D eigenvalue weighted by molar-refractivity contribution is 6.29. The van der Waals surface area contributed by atoms with Crippen molar-refractivity contribution in [2.75, 3.05) is 12.4 Å². The zero-order valence-corrected chi connectivity index (χ0v) is 11.7. The fourth-order valence-corrected chi connectivity index (χ4v) is 1.91. The van der Waals surface area contributed by atoms with Crippen LogP contribution in [-0.4, -0.2) is 17.1 Å². The maximum absolute atomic E-state index is 5.99. The molecule has 1 aromatic carbocycles. The molecular formula is C14H16ClN3O. The highest BCUT2D eigenvalue weighted by atomic mass is 35.5. The van der Waals surface area contributed by atoms with Crippen LogP contribution in [0.5, 0.6) is 5.75 Å². The molecule has 2 rings (SSSR count). The lowest BCUT2D eigenvalue weighted by molar-refractivity contribution is 0.415. The lowest BCUT2D eigenvalue weighted by Gasteiger charge is -2.08. The molecule has 19 heavy (non-hydrogen) atoms. The fourth-order valence-electron chi connectivity index (χ4n) is 1.71. The summed E-state index contributed by atoms with van der Waals surface area (Å²) in [4.78, 5) is 8.62. The zero-order valence-electron chi connectivity index (χ0n) is 11.0. The second kappa shape index (κ2) is 6.38. The Morgan fingerprint density at radius 3 is 2.84 bits per heavy atom. The number of benzene rings is 1. The molecule has 0 amide bonds. The van der Waals surface area contributed by atoms with E-state index >= 15 is 0 Å². The molecule has 1 N–H and O–H groups in total. The van der Waals surface area contributed by atoms with E-state index < -0.39 is 0 Å². The molecule has 0 radical (unpaired) electrons. The second-order valence-corrected chi connectivity index (χ2v) is 4.49. The largest absolute Gasteiger partial charge is 0.497 e. The molecule has 0 spiro atoms. The van der Waals surface area contributed by atoms with Gasteiger partial charge in [0.25, 0.3) is 0 Å². The van der Waals surface area contributed by atoms with Gasteiger partial charge in [-0.05, 0) is 18.6 Å². The van der Waals surface area contributed by atoms with Crippen LogP contribution in [0.25, 0.3) is 0 Å². The van der Waals surface area contributed by atoms with E-state index in [2.05, 4.69) is 22.2 Å². The average Bonchev–Trinajstić information content (AvgIpc) is 2.38. The zero-order chi connectivity index (χ0) is 13.7. The molecule has 1 heterocycles. The Labute approximate surface area is 117 Å². The van der Waals surface area contributed by atoms with Crippen molar-refractivity contribution in [3.63, 3.8) is 0 Å². The number of anilines is 2. The number of methoxy groups -OCH3 is 1. The van der Waals surface area contributed by atoms with Crippen molar-refractivity contribution in [3.8, 4) is 5.75 Å². The van der Waals surface area contributed by atoms with Crippen molar-refractivity contribution in [2.45, 2.75) is 19.8 Å². The molecule has 0 aliphatic carbocycles. The van der Waals surface area contributed by atoms with Gasteiger partial charge in [0.05, 0.1) is 7.11 Å². The molecule has 0 bridgehead atoms. The van der Waals surface area contributed by atoms with Gasteiger partial charge < -0.3 is 10.1 Å². The Kier molecular flexibility index (Phi) is 4.58. The summed E-state index contributed by atoms with van der Waals surface area (Å²) < 4.78 is 5.18. The monoisotopic (exact) mass is 277 g/mol. The van der Waals surface area contributed by atoms with E-state index in [9.17, 15) is 0 Å². The summed E-state index contributed by atoms with van der Waals surface area (Å²) in [5.74, 6) is 2.23. The first-order valence-corrected chi connectivity index (χ1v) is 6.53. The van der Waals surface area contributed by atoms with Gasteiger partial charge in [-0.1, -0.05) is 24.6 Å². The number of nitrogens with zero attached hydrogens (tertiary/aromatic N) is 2. The maximum atomic E-state index is 5.99. The third-order valence-electron chi connectivity index (χ3n) is 2.56. The lowest BCUT2D eigenvalue weighted by Crippen LogP contribution is -2.00. The topological polar surface area (TPSA) is 47.0 Å². The molecule has 2 aromatic rings. The molecule has 0 fully saturated rings. The molecule has 1 aromatic heterocycles. The number of aryl methyl sites for hydroxylation is 1. The van der Waals surface area contributed by atoms with E-state index in [4.69, 9.17) is 16.3 Å². The summed E-state index contributed by atoms with van der Waals surface area (Å²) in [6.07, 6.45) is 1.80. The van der Waals surface area contributed by atoms with Crippen LogP contribution < -0.4 is 10.1 Å². The normalized spacial score (nSPS) is 10.3. The predicted octanol–water partition coefficient (Wildman–Crippen LogP) is 3.83. The molecule has 5 heteroatoms. The van der Waals surface area contributed by atoms with Crippen molar-refractivity contribution >= 4 is 23.1 Å². The molecule has 0 aliphatic heterocycles. The standard InChI is InChI=1S/C14H16ClN3O/c1-3-5-13-17-12(15)9-14(18-13)16-10-6-4-7-11(8-10)19-2/h4,6-9H,3,5H2,1-2H3,(H,16,17,18). The van der Waals surface area contributed by atoms with Crippen LogP contribution in [0, 0.1) is 0 Å². The molecule has 0 atom stereocenters. The minimum absolute atomic E-state index is 0.448. The number of hydrogen-bond acceptors (Lipinski definition) is 4. The van der Waals surface area contributed by atoms with Crippen molar-refractivity contribution in [1.29, 1.82) is 0 Å². The van der Waals surface area contributed by atoms with E-state index in [1.54, 1.807) is 13.2 Å². The molecule has 0 saturated heterocycles. The van der Waals surface area contributed by atoms with Crippen LogP contribution in [-0.2, 0) is 6.42 Å². The van der Waals surface area contributed by atoms with Crippen molar-refractivity contribution < 1.29 is 4.74 Å². The van der Waals surface area contributed by atoms with Gasteiger partial charge in [-0.25, -0.2) is 9.97 Å². The summed E-state index contributed by atoms with van der Waals surface area (Å²) in [6.45, 7) is 2.08. The van der Waals surface area contributed by atoms with E-state index in [1.807, 2.05) is 24.3 Å². The minimum Gasteiger partial charge on any atom is -0.497 e. The summed E-state index contributed by atoms with van der Waals surface area (Å²) in [5.41, 5.74) is 0.900. The van der Waals surface area contributed by atoms with E-state index in [1.165, 1.54) is 0 Å². The van der Waals surface area contributed by atoms with Crippen molar-refractivity contribution in [1.82, 2.24) is 9.97 Å². The predicted molar refractivity (Wildman–Crippen MR) is 77.3 cm³/mol. The SMILES string of the molecule is CCCc1nc(Cl)cc(Nc2cccc(OC)c2)n1. The third-order valence-corrected chi connectivity index (χ3v) is 2.75. The molecule has 4 nitrogen and oxygen atoms in total. The third kappa shape index (κ3) is 3.83. The van der Waals surface area contributed by atoms with Gasteiger partial charge in [0, 0.05) is 24.2 Å². The van der Waals surface area contributed by atoms with Gasteiger partial charge in [0.15, 0.2) is 0 Å².